The molecule has 1 aliphatic heterocycles. The van der Waals surface area contributed by atoms with Crippen LogP contribution in [-0.4, -0.2) is 28.9 Å². The van der Waals surface area contributed by atoms with Crippen molar-refractivity contribution in [1.82, 2.24) is 9.97 Å². The summed E-state index contributed by atoms with van der Waals surface area (Å²) in [6.45, 7) is 2.95. The molecule has 3 heterocycles. The van der Waals surface area contributed by atoms with E-state index in [1.54, 1.807) is 18.2 Å². The number of nitrogens with zero attached hydrogens (tertiary/aromatic N) is 4. The van der Waals surface area contributed by atoms with Crippen molar-refractivity contribution in [2.75, 3.05) is 13.2 Å². The van der Waals surface area contributed by atoms with Crippen LogP contribution >= 0.6 is 0 Å². The highest BCUT2D eigenvalue weighted by atomic mass is 16.5. The fourth-order valence-corrected chi connectivity index (χ4v) is 3.03. The number of pyridine rings is 2. The normalized spacial score (nSPS) is 15.8. The van der Waals surface area contributed by atoms with Gasteiger partial charge in [-0.05, 0) is 49.6 Å². The maximum atomic E-state index is 9.77. The first-order chi connectivity index (χ1) is 12.1. The topological polar surface area (TPSA) is 106 Å². The van der Waals surface area contributed by atoms with E-state index in [2.05, 4.69) is 16.0 Å². The van der Waals surface area contributed by atoms with Gasteiger partial charge in [0.05, 0.1) is 34.5 Å². The average Bonchev–Trinajstić information content (AvgIpc) is 2.67. The van der Waals surface area contributed by atoms with Crippen LogP contribution in [0.5, 0.6) is 0 Å². The molecule has 0 radical (unpaired) electrons. The molecule has 0 aromatic carbocycles. The Balaban J connectivity index is 2.03. The van der Waals surface area contributed by atoms with Gasteiger partial charge < -0.3 is 4.74 Å². The van der Waals surface area contributed by atoms with Crippen molar-refractivity contribution in [2.45, 2.75) is 25.2 Å². The van der Waals surface area contributed by atoms with Gasteiger partial charge in [-0.15, -0.1) is 0 Å². The lowest BCUT2D eigenvalue weighted by Gasteiger charge is -2.31. The second-order valence-corrected chi connectivity index (χ2v) is 6.11. The van der Waals surface area contributed by atoms with E-state index in [-0.39, 0.29) is 5.71 Å². The van der Waals surface area contributed by atoms with Gasteiger partial charge in [0.1, 0.15) is 5.71 Å². The van der Waals surface area contributed by atoms with E-state index in [1.807, 2.05) is 19.1 Å². The van der Waals surface area contributed by atoms with Crippen molar-refractivity contribution >= 4 is 5.71 Å². The number of hydrogen-bond donors (Lipinski definition) is 1. The van der Waals surface area contributed by atoms with Gasteiger partial charge >= 0.3 is 0 Å². The molecule has 2 aromatic rings. The Morgan fingerprint density at radius 3 is 2.64 bits per heavy atom. The highest BCUT2D eigenvalue weighted by Gasteiger charge is 2.35. The molecule has 124 valence electrons. The third-order valence-corrected chi connectivity index (χ3v) is 4.47. The summed E-state index contributed by atoms with van der Waals surface area (Å²) in [5.74, 6) is 0. The van der Waals surface area contributed by atoms with Crippen LogP contribution in [0.15, 0.2) is 30.5 Å². The summed E-state index contributed by atoms with van der Waals surface area (Å²) in [6.07, 6.45) is 2.76. The summed E-state index contributed by atoms with van der Waals surface area (Å²) < 4.78 is 5.40. The Labute approximate surface area is 146 Å². The largest absolute Gasteiger partial charge is 0.381 e. The van der Waals surface area contributed by atoms with Gasteiger partial charge in [-0.2, -0.15) is 10.5 Å². The number of aromatic nitrogens is 2. The summed E-state index contributed by atoms with van der Waals surface area (Å²) >= 11 is 0. The van der Waals surface area contributed by atoms with Crippen molar-refractivity contribution in [1.29, 1.82) is 15.9 Å². The van der Waals surface area contributed by atoms with Crippen LogP contribution in [0.1, 0.15) is 41.1 Å². The Morgan fingerprint density at radius 2 is 1.96 bits per heavy atom. The second-order valence-electron chi connectivity index (χ2n) is 6.11. The van der Waals surface area contributed by atoms with E-state index in [9.17, 15) is 5.26 Å². The highest BCUT2D eigenvalue weighted by molar-refractivity contribution is 6.08. The molecule has 1 aliphatic rings. The molecule has 6 heteroatoms. The molecule has 0 aliphatic carbocycles. The first-order valence-electron chi connectivity index (χ1n) is 8.01. The van der Waals surface area contributed by atoms with E-state index in [4.69, 9.17) is 15.4 Å². The Hall–Kier alpha value is -3.09. The summed E-state index contributed by atoms with van der Waals surface area (Å²) in [5, 5.41) is 27.2. The molecule has 0 saturated carbocycles. The third-order valence-electron chi connectivity index (χ3n) is 4.47. The smallest absolute Gasteiger partial charge is 0.105 e. The molecule has 3 rings (SSSR count). The number of ether oxygens (including phenoxy) is 1. The molecule has 1 saturated heterocycles. The quantitative estimate of drug-likeness (QED) is 0.870. The summed E-state index contributed by atoms with van der Waals surface area (Å²) in [4.78, 5) is 8.61. The van der Waals surface area contributed by atoms with Crippen LogP contribution in [0.4, 0.5) is 0 Å². The van der Waals surface area contributed by atoms with Crippen molar-refractivity contribution in [3.8, 4) is 12.1 Å². The van der Waals surface area contributed by atoms with Gasteiger partial charge in [-0.3, -0.25) is 15.4 Å². The zero-order valence-corrected chi connectivity index (χ0v) is 13.9. The lowest BCUT2D eigenvalue weighted by Crippen LogP contribution is -2.32. The van der Waals surface area contributed by atoms with Gasteiger partial charge in [-0.25, -0.2) is 0 Å². The number of nitrogens with one attached hydrogen (secondary N) is 1. The number of rotatable bonds is 3. The number of hydrogen-bond acceptors (Lipinski definition) is 6. The van der Waals surface area contributed by atoms with Crippen LogP contribution in [-0.2, 0) is 10.2 Å². The van der Waals surface area contributed by atoms with Gasteiger partial charge in [0.25, 0.3) is 0 Å². The van der Waals surface area contributed by atoms with Gasteiger partial charge in [0, 0.05) is 25.1 Å². The standard InChI is InChI=1S/C19H17N5O/c1-13-8-15(19(12-21)3-6-25-7-4-19)10-17(24-13)18(22)16-9-14(11-20)2-5-23-16/h2,5,8-10,22H,3-4,6-7H2,1H3. The third kappa shape index (κ3) is 3.26. The zero-order valence-electron chi connectivity index (χ0n) is 13.9. The molecule has 25 heavy (non-hydrogen) atoms. The molecule has 1 fully saturated rings. The Kier molecular flexibility index (Phi) is 4.56. The van der Waals surface area contributed by atoms with Gasteiger partial charge in [-0.1, -0.05) is 0 Å². The average molecular weight is 331 g/mol. The summed E-state index contributed by atoms with van der Waals surface area (Å²) in [7, 11) is 0. The van der Waals surface area contributed by atoms with E-state index < -0.39 is 5.41 Å². The van der Waals surface area contributed by atoms with Crippen molar-refractivity contribution in [3.05, 3.63) is 58.7 Å². The van der Waals surface area contributed by atoms with E-state index >= 15 is 0 Å². The first-order valence-corrected chi connectivity index (χ1v) is 8.01. The molecule has 1 N–H and O–H groups in total. The molecule has 0 unspecified atom stereocenters. The molecule has 0 amide bonds. The molecule has 2 aromatic heterocycles. The Bertz CT molecular complexity index is 901. The van der Waals surface area contributed by atoms with Crippen LogP contribution in [0.3, 0.4) is 0 Å². The number of aryl methyl sites for hydroxylation is 1. The Morgan fingerprint density at radius 1 is 1.20 bits per heavy atom. The van der Waals surface area contributed by atoms with Crippen molar-refractivity contribution in [3.63, 3.8) is 0 Å². The lowest BCUT2D eigenvalue weighted by molar-refractivity contribution is 0.0675. The molecule has 6 nitrogen and oxygen atoms in total. The van der Waals surface area contributed by atoms with Crippen LogP contribution in [0.25, 0.3) is 0 Å². The zero-order chi connectivity index (χ0) is 17.9. The summed E-state index contributed by atoms with van der Waals surface area (Å²) in [5.41, 5.74) is 2.43. The van der Waals surface area contributed by atoms with Crippen molar-refractivity contribution < 1.29 is 4.74 Å². The molecular weight excluding hydrogens is 314 g/mol. The fraction of sp³-hybridized carbons (Fsp3) is 0.316. The monoisotopic (exact) mass is 331 g/mol. The fourth-order valence-electron chi connectivity index (χ4n) is 3.03. The second kappa shape index (κ2) is 6.80. The van der Waals surface area contributed by atoms with Gasteiger partial charge in [0.2, 0.25) is 0 Å². The highest BCUT2D eigenvalue weighted by Crippen LogP contribution is 2.34. The summed E-state index contributed by atoms with van der Waals surface area (Å²) in [6, 6.07) is 11.4. The van der Waals surface area contributed by atoms with Crippen LogP contribution in [0.2, 0.25) is 0 Å². The van der Waals surface area contributed by atoms with Crippen LogP contribution < -0.4 is 0 Å². The lowest BCUT2D eigenvalue weighted by atomic mass is 9.75. The maximum Gasteiger partial charge on any atom is 0.105 e. The molecular formula is C19H17N5O. The predicted octanol–water partition coefficient (Wildman–Crippen LogP) is 2.64. The van der Waals surface area contributed by atoms with E-state index in [0.717, 1.165) is 11.3 Å². The minimum atomic E-state index is -0.608. The minimum Gasteiger partial charge on any atom is -0.381 e. The molecule has 0 spiro atoms. The van der Waals surface area contributed by atoms with Crippen LogP contribution in [0, 0.1) is 35.0 Å². The van der Waals surface area contributed by atoms with E-state index in [1.165, 1.54) is 6.20 Å². The molecule has 0 bridgehead atoms. The predicted molar refractivity (Wildman–Crippen MR) is 91.2 cm³/mol. The SMILES string of the molecule is Cc1cc(C2(C#N)CCOCC2)cc(C(=N)c2cc(C#N)ccn2)n1. The first kappa shape index (κ1) is 16.8. The molecule has 0 atom stereocenters. The van der Waals surface area contributed by atoms with Gasteiger partial charge in [0.15, 0.2) is 0 Å². The van der Waals surface area contributed by atoms with Crippen molar-refractivity contribution in [2.24, 2.45) is 0 Å². The maximum absolute atomic E-state index is 9.77. The number of nitriles is 2. The minimum absolute atomic E-state index is 0.141. The van der Waals surface area contributed by atoms with E-state index in [0.29, 0.717) is 43.0 Å².